The van der Waals surface area contributed by atoms with Crippen molar-refractivity contribution in [3.05, 3.63) is 70.5 Å². The second kappa shape index (κ2) is 6.96. The van der Waals surface area contributed by atoms with Crippen LogP contribution in [0, 0.1) is 6.92 Å². The maximum absolute atomic E-state index is 12.6. The molecule has 3 N–H and O–H groups in total. The fourth-order valence-electron chi connectivity index (χ4n) is 3.94. The van der Waals surface area contributed by atoms with Gasteiger partial charge in [-0.2, -0.15) is 0 Å². The van der Waals surface area contributed by atoms with Crippen LogP contribution in [0.5, 0.6) is 0 Å². The molecule has 1 aliphatic carbocycles. The van der Waals surface area contributed by atoms with Crippen LogP contribution in [0.25, 0.3) is 11.0 Å². The molecule has 0 saturated carbocycles. The van der Waals surface area contributed by atoms with Gasteiger partial charge < -0.3 is 15.5 Å². The predicted molar refractivity (Wildman–Crippen MR) is 103 cm³/mol. The number of amides is 1. The average molecular weight is 348 g/mol. The Morgan fingerprint density at radius 1 is 1.27 bits per heavy atom. The highest BCUT2D eigenvalue weighted by atomic mass is 16.3. The highest BCUT2D eigenvalue weighted by Gasteiger charge is 2.20. The number of nitrogens with two attached hydrogens (primary N) is 1. The zero-order valence-electron chi connectivity index (χ0n) is 15.0. The molecule has 1 atom stereocenters. The maximum Gasteiger partial charge on any atom is 0.251 e. The number of furan rings is 1. The first-order valence-corrected chi connectivity index (χ1v) is 9.25. The first-order chi connectivity index (χ1) is 12.7. The van der Waals surface area contributed by atoms with Crippen LogP contribution in [0.15, 0.2) is 46.9 Å². The average Bonchev–Trinajstić information content (AvgIpc) is 3.01. The predicted octanol–water partition coefficient (Wildman–Crippen LogP) is 4.05. The van der Waals surface area contributed by atoms with Crippen molar-refractivity contribution in [2.45, 2.75) is 38.6 Å². The van der Waals surface area contributed by atoms with E-state index in [0.29, 0.717) is 24.6 Å². The van der Waals surface area contributed by atoms with Crippen LogP contribution in [-0.4, -0.2) is 12.5 Å². The molecule has 1 aliphatic rings. The topological polar surface area (TPSA) is 68.3 Å². The van der Waals surface area contributed by atoms with E-state index >= 15 is 0 Å². The number of para-hydroxylation sites is 1. The Bertz CT molecular complexity index is 958. The fourth-order valence-corrected chi connectivity index (χ4v) is 3.94. The SMILES string of the molecule is Cc1c(CNC(=O)c2ccc3c(c2)C(CN)CCC3)oc2ccccc12. The second-order valence-electron chi connectivity index (χ2n) is 7.07. The van der Waals surface area contributed by atoms with Crippen molar-refractivity contribution in [1.29, 1.82) is 0 Å². The van der Waals surface area contributed by atoms with Gasteiger partial charge in [-0.3, -0.25) is 4.79 Å². The summed E-state index contributed by atoms with van der Waals surface area (Å²) in [5, 5.41) is 4.09. The Kier molecular flexibility index (Phi) is 4.51. The van der Waals surface area contributed by atoms with Crippen molar-refractivity contribution in [2.24, 2.45) is 5.73 Å². The van der Waals surface area contributed by atoms with Crippen LogP contribution in [0.2, 0.25) is 0 Å². The van der Waals surface area contributed by atoms with Gasteiger partial charge >= 0.3 is 0 Å². The Balaban J connectivity index is 1.52. The lowest BCUT2D eigenvalue weighted by molar-refractivity contribution is 0.0948. The van der Waals surface area contributed by atoms with E-state index in [1.165, 1.54) is 17.5 Å². The molecule has 4 heteroatoms. The molecule has 1 unspecified atom stereocenters. The lowest BCUT2D eigenvalue weighted by Crippen LogP contribution is -2.24. The summed E-state index contributed by atoms with van der Waals surface area (Å²) in [6.07, 6.45) is 3.35. The summed E-state index contributed by atoms with van der Waals surface area (Å²) in [4.78, 5) is 12.6. The largest absolute Gasteiger partial charge is 0.459 e. The Labute approximate surface area is 153 Å². The van der Waals surface area contributed by atoms with Crippen molar-refractivity contribution in [3.8, 4) is 0 Å². The molecule has 0 aliphatic heterocycles. The van der Waals surface area contributed by atoms with E-state index in [-0.39, 0.29) is 5.91 Å². The van der Waals surface area contributed by atoms with Gasteiger partial charge in [0.15, 0.2) is 0 Å². The number of carbonyl (C=O) groups excluding carboxylic acids is 1. The van der Waals surface area contributed by atoms with Crippen LogP contribution < -0.4 is 11.1 Å². The highest BCUT2D eigenvalue weighted by Crippen LogP contribution is 2.31. The van der Waals surface area contributed by atoms with E-state index in [4.69, 9.17) is 10.2 Å². The molecule has 0 bridgehead atoms. The minimum Gasteiger partial charge on any atom is -0.459 e. The zero-order valence-corrected chi connectivity index (χ0v) is 15.0. The molecule has 134 valence electrons. The molecular formula is C22H24N2O2. The Morgan fingerprint density at radius 2 is 2.12 bits per heavy atom. The van der Waals surface area contributed by atoms with Gasteiger partial charge in [-0.05, 0) is 68.0 Å². The molecule has 4 nitrogen and oxygen atoms in total. The quantitative estimate of drug-likeness (QED) is 0.747. The summed E-state index contributed by atoms with van der Waals surface area (Å²) in [7, 11) is 0. The van der Waals surface area contributed by atoms with E-state index in [1.54, 1.807) is 0 Å². The Hall–Kier alpha value is -2.59. The third-order valence-corrected chi connectivity index (χ3v) is 5.48. The van der Waals surface area contributed by atoms with E-state index in [1.807, 2.05) is 43.3 Å². The molecule has 1 heterocycles. The first kappa shape index (κ1) is 16.9. The summed E-state index contributed by atoms with van der Waals surface area (Å²) in [5.74, 6) is 1.09. The van der Waals surface area contributed by atoms with Gasteiger partial charge in [-0.1, -0.05) is 24.3 Å². The van der Waals surface area contributed by atoms with Crippen molar-refractivity contribution in [3.63, 3.8) is 0 Å². The number of benzene rings is 2. The van der Waals surface area contributed by atoms with Gasteiger partial charge in [0.05, 0.1) is 6.54 Å². The summed E-state index contributed by atoms with van der Waals surface area (Å²) in [5.41, 5.74) is 11.1. The minimum absolute atomic E-state index is 0.0750. The lowest BCUT2D eigenvalue weighted by atomic mass is 9.82. The maximum atomic E-state index is 12.6. The van der Waals surface area contributed by atoms with Crippen molar-refractivity contribution in [1.82, 2.24) is 5.32 Å². The van der Waals surface area contributed by atoms with Crippen LogP contribution in [0.4, 0.5) is 0 Å². The molecule has 0 radical (unpaired) electrons. The van der Waals surface area contributed by atoms with Gasteiger partial charge in [0, 0.05) is 16.5 Å². The van der Waals surface area contributed by atoms with E-state index in [0.717, 1.165) is 35.1 Å². The van der Waals surface area contributed by atoms with Crippen LogP contribution in [0.1, 0.15) is 51.6 Å². The number of aryl methyl sites for hydroxylation is 2. The third-order valence-electron chi connectivity index (χ3n) is 5.48. The van der Waals surface area contributed by atoms with Crippen LogP contribution >= 0.6 is 0 Å². The number of hydrogen-bond donors (Lipinski definition) is 2. The van der Waals surface area contributed by atoms with Gasteiger partial charge in [-0.15, -0.1) is 0 Å². The fraction of sp³-hybridized carbons (Fsp3) is 0.318. The number of fused-ring (bicyclic) bond motifs is 2. The standard InChI is InChI=1S/C22H24N2O2/c1-14-18-7-2-3-8-20(18)26-21(14)13-24-22(25)16-10-9-15-5-4-6-17(12-23)19(15)11-16/h2-3,7-11,17H,4-6,12-13,23H2,1H3,(H,24,25). The molecule has 1 aromatic heterocycles. The summed E-state index contributed by atoms with van der Waals surface area (Å²) in [6.45, 7) is 3.05. The molecule has 0 spiro atoms. The molecule has 2 aromatic carbocycles. The molecule has 0 fully saturated rings. The van der Waals surface area contributed by atoms with E-state index in [2.05, 4.69) is 11.4 Å². The lowest BCUT2D eigenvalue weighted by Gasteiger charge is -2.24. The normalized spacial score (nSPS) is 16.5. The van der Waals surface area contributed by atoms with E-state index < -0.39 is 0 Å². The summed E-state index contributed by atoms with van der Waals surface area (Å²) < 4.78 is 5.88. The number of nitrogens with one attached hydrogen (secondary N) is 1. The monoisotopic (exact) mass is 348 g/mol. The molecule has 3 aromatic rings. The van der Waals surface area contributed by atoms with Gasteiger partial charge in [0.1, 0.15) is 11.3 Å². The van der Waals surface area contributed by atoms with Crippen molar-refractivity contribution >= 4 is 16.9 Å². The Morgan fingerprint density at radius 3 is 2.92 bits per heavy atom. The molecule has 4 rings (SSSR count). The van der Waals surface area contributed by atoms with Gasteiger partial charge in [0.2, 0.25) is 0 Å². The number of rotatable bonds is 4. The van der Waals surface area contributed by atoms with Gasteiger partial charge in [0.25, 0.3) is 5.91 Å². The van der Waals surface area contributed by atoms with Crippen LogP contribution in [-0.2, 0) is 13.0 Å². The smallest absolute Gasteiger partial charge is 0.251 e. The summed E-state index contributed by atoms with van der Waals surface area (Å²) >= 11 is 0. The molecule has 1 amide bonds. The first-order valence-electron chi connectivity index (χ1n) is 9.25. The van der Waals surface area contributed by atoms with Crippen LogP contribution in [0.3, 0.4) is 0 Å². The minimum atomic E-state index is -0.0750. The molecule has 0 saturated heterocycles. The van der Waals surface area contributed by atoms with E-state index in [9.17, 15) is 4.79 Å². The summed E-state index contributed by atoms with van der Waals surface area (Å²) in [6, 6.07) is 14.0. The molecular weight excluding hydrogens is 324 g/mol. The second-order valence-corrected chi connectivity index (χ2v) is 7.07. The zero-order chi connectivity index (χ0) is 18.1. The number of carbonyl (C=O) groups is 1. The molecule has 26 heavy (non-hydrogen) atoms. The van der Waals surface area contributed by atoms with Crippen molar-refractivity contribution < 1.29 is 9.21 Å². The number of hydrogen-bond acceptors (Lipinski definition) is 3. The third kappa shape index (κ3) is 3.01. The van der Waals surface area contributed by atoms with Gasteiger partial charge in [-0.25, -0.2) is 0 Å². The van der Waals surface area contributed by atoms with Crippen molar-refractivity contribution in [2.75, 3.05) is 6.54 Å². The highest BCUT2D eigenvalue weighted by molar-refractivity contribution is 5.94.